The van der Waals surface area contributed by atoms with Gasteiger partial charge in [0, 0.05) is 29.2 Å². The molecule has 7 heteroatoms. The van der Waals surface area contributed by atoms with Gasteiger partial charge in [-0.15, -0.1) is 11.3 Å². The third kappa shape index (κ3) is 3.29. The summed E-state index contributed by atoms with van der Waals surface area (Å²) >= 11 is 1.58. The van der Waals surface area contributed by atoms with E-state index in [9.17, 15) is 8.42 Å². The van der Waals surface area contributed by atoms with Crippen LogP contribution in [0, 0.1) is 0 Å². The average Bonchev–Trinajstić information content (AvgIpc) is 3.36. The molecular weight excluding hydrogens is 366 g/mol. The van der Waals surface area contributed by atoms with Crippen molar-refractivity contribution in [3.05, 3.63) is 83.3 Å². The molecule has 0 amide bonds. The number of nitrogens with one attached hydrogen (secondary N) is 1. The number of rotatable bonds is 6. The van der Waals surface area contributed by atoms with Crippen molar-refractivity contribution < 1.29 is 8.42 Å². The normalized spacial score (nSPS) is 13.1. The number of fused-ring (bicyclic) bond motifs is 1. The van der Waals surface area contributed by atoms with Gasteiger partial charge in [0.15, 0.2) is 0 Å². The molecule has 0 aliphatic carbocycles. The Morgan fingerprint density at radius 2 is 1.88 bits per heavy atom. The van der Waals surface area contributed by atoms with Gasteiger partial charge in [-0.3, -0.25) is 4.68 Å². The summed E-state index contributed by atoms with van der Waals surface area (Å²) in [6.45, 7) is 0.230. The van der Waals surface area contributed by atoms with E-state index in [1.807, 2.05) is 60.1 Å². The van der Waals surface area contributed by atoms with Crippen LogP contribution in [0.1, 0.15) is 10.9 Å². The van der Waals surface area contributed by atoms with Crippen molar-refractivity contribution >= 4 is 32.1 Å². The lowest BCUT2D eigenvalue weighted by Crippen LogP contribution is -2.31. The van der Waals surface area contributed by atoms with E-state index in [1.165, 1.54) is 0 Å². The summed E-state index contributed by atoms with van der Waals surface area (Å²) in [6, 6.07) is 18.4. The Hall–Kier alpha value is -2.48. The molecule has 132 valence electrons. The van der Waals surface area contributed by atoms with E-state index in [0.717, 1.165) is 10.3 Å². The Bertz CT molecular complexity index is 1070. The van der Waals surface area contributed by atoms with Gasteiger partial charge in [0.2, 0.25) is 10.0 Å². The SMILES string of the molecule is O=S(=O)(NCC(c1cccs1)n1cccn1)c1cccc2ccccc12. The number of hydrogen-bond donors (Lipinski definition) is 1. The van der Waals surface area contributed by atoms with Crippen LogP contribution in [0.15, 0.2) is 83.3 Å². The molecule has 1 N–H and O–H groups in total. The molecule has 4 rings (SSSR count). The van der Waals surface area contributed by atoms with Crippen LogP contribution in [-0.2, 0) is 10.0 Å². The molecule has 1 unspecified atom stereocenters. The Balaban J connectivity index is 1.65. The largest absolute Gasteiger partial charge is 0.263 e. The molecule has 4 aromatic rings. The standard InChI is InChI=1S/C19H17N3O2S2/c23-26(24,19-10-3-7-15-6-1-2-8-16(15)19)21-14-17(18-9-4-13-25-18)22-12-5-11-20-22/h1-13,17,21H,14H2. The third-order valence-electron chi connectivity index (χ3n) is 4.22. The van der Waals surface area contributed by atoms with Crippen molar-refractivity contribution in [3.8, 4) is 0 Å². The molecule has 0 radical (unpaired) electrons. The van der Waals surface area contributed by atoms with Gasteiger partial charge < -0.3 is 0 Å². The zero-order chi connectivity index (χ0) is 18.0. The molecule has 0 fully saturated rings. The highest BCUT2D eigenvalue weighted by Crippen LogP contribution is 2.25. The maximum Gasteiger partial charge on any atom is 0.241 e. The van der Waals surface area contributed by atoms with Crippen molar-refractivity contribution in [2.75, 3.05) is 6.54 Å². The first kappa shape index (κ1) is 17.0. The molecule has 0 saturated heterocycles. The maximum absolute atomic E-state index is 13.0. The predicted molar refractivity (Wildman–Crippen MR) is 104 cm³/mol. The maximum atomic E-state index is 13.0. The molecule has 2 aromatic heterocycles. The van der Waals surface area contributed by atoms with Crippen LogP contribution < -0.4 is 4.72 Å². The second kappa shape index (κ2) is 7.03. The molecule has 0 spiro atoms. The fraction of sp³-hybridized carbons (Fsp3) is 0.105. The first-order valence-electron chi connectivity index (χ1n) is 8.15. The van der Waals surface area contributed by atoms with Gasteiger partial charge in [-0.1, -0.05) is 42.5 Å². The molecule has 2 aromatic carbocycles. The minimum Gasteiger partial charge on any atom is -0.263 e. The number of hydrogen-bond acceptors (Lipinski definition) is 4. The topological polar surface area (TPSA) is 64.0 Å². The van der Waals surface area contributed by atoms with Gasteiger partial charge in [-0.2, -0.15) is 5.10 Å². The van der Waals surface area contributed by atoms with E-state index in [0.29, 0.717) is 10.3 Å². The summed E-state index contributed by atoms with van der Waals surface area (Å²) in [6.07, 6.45) is 3.54. The fourth-order valence-corrected chi connectivity index (χ4v) is 5.05. The van der Waals surface area contributed by atoms with Crippen LogP contribution in [-0.4, -0.2) is 24.7 Å². The van der Waals surface area contributed by atoms with Crippen molar-refractivity contribution in [1.82, 2.24) is 14.5 Å². The molecule has 0 saturated carbocycles. The van der Waals surface area contributed by atoms with Gasteiger partial charge in [0.1, 0.15) is 0 Å². The second-order valence-electron chi connectivity index (χ2n) is 5.85. The number of nitrogens with zero attached hydrogens (tertiary/aromatic N) is 2. The van der Waals surface area contributed by atoms with Crippen LogP contribution in [0.2, 0.25) is 0 Å². The third-order valence-corrected chi connectivity index (χ3v) is 6.68. The van der Waals surface area contributed by atoms with Crippen molar-refractivity contribution in [3.63, 3.8) is 0 Å². The van der Waals surface area contributed by atoms with E-state index >= 15 is 0 Å². The first-order valence-corrected chi connectivity index (χ1v) is 10.5. The van der Waals surface area contributed by atoms with Crippen molar-refractivity contribution in [2.24, 2.45) is 0 Å². The van der Waals surface area contributed by atoms with Crippen LogP contribution in [0.25, 0.3) is 10.8 Å². The summed E-state index contributed by atoms with van der Waals surface area (Å²) in [5.74, 6) is 0. The zero-order valence-corrected chi connectivity index (χ0v) is 15.5. The fourth-order valence-electron chi connectivity index (χ4n) is 2.97. The minimum absolute atomic E-state index is 0.185. The van der Waals surface area contributed by atoms with E-state index in [2.05, 4.69) is 9.82 Å². The minimum atomic E-state index is -3.65. The van der Waals surface area contributed by atoms with Gasteiger partial charge in [-0.05, 0) is 29.0 Å². The Kier molecular flexibility index (Phi) is 4.58. The van der Waals surface area contributed by atoms with Gasteiger partial charge >= 0.3 is 0 Å². The summed E-state index contributed by atoms with van der Waals surface area (Å²) in [5, 5.41) is 7.88. The monoisotopic (exact) mass is 383 g/mol. The second-order valence-corrected chi connectivity index (χ2v) is 8.56. The van der Waals surface area contributed by atoms with E-state index in [-0.39, 0.29) is 12.6 Å². The van der Waals surface area contributed by atoms with E-state index < -0.39 is 10.0 Å². The zero-order valence-electron chi connectivity index (χ0n) is 13.8. The predicted octanol–water partition coefficient (Wildman–Crippen LogP) is 3.67. The quantitative estimate of drug-likeness (QED) is 0.553. The van der Waals surface area contributed by atoms with Crippen LogP contribution >= 0.6 is 11.3 Å². The lowest BCUT2D eigenvalue weighted by atomic mass is 10.1. The van der Waals surface area contributed by atoms with Gasteiger partial charge in [-0.25, -0.2) is 13.1 Å². The molecule has 0 bridgehead atoms. The smallest absolute Gasteiger partial charge is 0.241 e. The number of thiophene rings is 1. The summed E-state index contributed by atoms with van der Waals surface area (Å²) in [5.41, 5.74) is 0. The summed E-state index contributed by atoms with van der Waals surface area (Å²) < 4.78 is 30.4. The average molecular weight is 383 g/mol. The number of sulfonamides is 1. The molecule has 26 heavy (non-hydrogen) atoms. The molecule has 1 atom stereocenters. The molecule has 5 nitrogen and oxygen atoms in total. The Morgan fingerprint density at radius 1 is 1.04 bits per heavy atom. The first-order chi connectivity index (χ1) is 12.6. The van der Waals surface area contributed by atoms with Crippen molar-refractivity contribution in [2.45, 2.75) is 10.9 Å². The highest BCUT2D eigenvalue weighted by atomic mass is 32.2. The lowest BCUT2D eigenvalue weighted by molar-refractivity contribution is 0.511. The molecule has 0 aliphatic heterocycles. The summed E-state index contributed by atoms with van der Waals surface area (Å²) in [7, 11) is -3.65. The molecular formula is C19H17N3O2S2. The van der Waals surface area contributed by atoms with Crippen LogP contribution in [0.4, 0.5) is 0 Å². The Labute approximate surface area is 156 Å². The van der Waals surface area contributed by atoms with Gasteiger partial charge in [0.05, 0.1) is 10.9 Å². The van der Waals surface area contributed by atoms with Crippen LogP contribution in [0.3, 0.4) is 0 Å². The van der Waals surface area contributed by atoms with E-state index in [4.69, 9.17) is 0 Å². The molecule has 0 aliphatic rings. The Morgan fingerprint density at radius 3 is 2.65 bits per heavy atom. The summed E-state index contributed by atoms with van der Waals surface area (Å²) in [4.78, 5) is 1.34. The highest BCUT2D eigenvalue weighted by molar-refractivity contribution is 7.89. The number of benzene rings is 2. The lowest BCUT2D eigenvalue weighted by Gasteiger charge is -2.17. The van der Waals surface area contributed by atoms with Gasteiger partial charge in [0.25, 0.3) is 0 Å². The highest BCUT2D eigenvalue weighted by Gasteiger charge is 2.21. The number of aromatic nitrogens is 2. The van der Waals surface area contributed by atoms with Crippen molar-refractivity contribution in [1.29, 1.82) is 0 Å². The molecule has 2 heterocycles. The van der Waals surface area contributed by atoms with E-state index in [1.54, 1.807) is 34.3 Å². The van der Waals surface area contributed by atoms with Crippen LogP contribution in [0.5, 0.6) is 0 Å².